The lowest BCUT2D eigenvalue weighted by molar-refractivity contribution is 0.0785. The van der Waals surface area contributed by atoms with Crippen molar-refractivity contribution in [1.82, 2.24) is 4.90 Å². The van der Waals surface area contributed by atoms with Gasteiger partial charge in [-0.1, -0.05) is 48.0 Å². The molecule has 30 heavy (non-hydrogen) atoms. The number of carbonyl (C=O) groups excluding carboxylic acids is 1. The lowest BCUT2D eigenvalue weighted by atomic mass is 10.1. The Morgan fingerprint density at radius 2 is 1.77 bits per heavy atom. The van der Waals surface area contributed by atoms with Crippen LogP contribution >= 0.6 is 11.6 Å². The molecule has 0 aromatic heterocycles. The Morgan fingerprint density at radius 3 is 2.47 bits per heavy atom. The molecule has 0 heterocycles. The summed E-state index contributed by atoms with van der Waals surface area (Å²) in [5.74, 6) is 0.0500. The van der Waals surface area contributed by atoms with E-state index in [-0.39, 0.29) is 22.1 Å². The van der Waals surface area contributed by atoms with E-state index in [2.05, 4.69) is 4.72 Å². The molecule has 3 aromatic rings. The van der Waals surface area contributed by atoms with Crippen LogP contribution in [0.2, 0.25) is 5.02 Å². The SMILES string of the molecule is COc1ccc(Cl)cc1NS(=O)(=O)c1cccc(C(=O)N(C)Cc2ccccc2)c1. The number of nitrogens with one attached hydrogen (secondary N) is 1. The first kappa shape index (κ1) is 21.7. The zero-order valence-electron chi connectivity index (χ0n) is 16.5. The first-order valence-corrected chi connectivity index (χ1v) is 10.9. The molecule has 0 unspecified atom stereocenters. The van der Waals surface area contributed by atoms with Gasteiger partial charge in [0.2, 0.25) is 0 Å². The van der Waals surface area contributed by atoms with Gasteiger partial charge in [0.1, 0.15) is 5.75 Å². The highest BCUT2D eigenvalue weighted by Gasteiger charge is 2.20. The van der Waals surface area contributed by atoms with Gasteiger partial charge in [0, 0.05) is 24.2 Å². The molecule has 0 bridgehead atoms. The molecule has 156 valence electrons. The van der Waals surface area contributed by atoms with Crippen molar-refractivity contribution in [3.63, 3.8) is 0 Å². The van der Waals surface area contributed by atoms with E-state index in [0.29, 0.717) is 17.3 Å². The van der Waals surface area contributed by atoms with E-state index in [1.807, 2.05) is 30.3 Å². The topological polar surface area (TPSA) is 75.7 Å². The van der Waals surface area contributed by atoms with E-state index < -0.39 is 10.0 Å². The molecular formula is C22H21ClN2O4S. The summed E-state index contributed by atoms with van der Waals surface area (Å²) in [6.07, 6.45) is 0. The second kappa shape index (κ2) is 9.19. The van der Waals surface area contributed by atoms with Crippen molar-refractivity contribution in [1.29, 1.82) is 0 Å². The van der Waals surface area contributed by atoms with Crippen molar-refractivity contribution in [2.45, 2.75) is 11.4 Å². The normalized spacial score (nSPS) is 11.0. The standard InChI is InChI=1S/C22H21ClN2O4S/c1-25(15-16-7-4-3-5-8-16)22(26)17-9-6-10-19(13-17)30(27,28)24-20-14-18(23)11-12-21(20)29-2/h3-14,24H,15H2,1-2H3. The van der Waals surface area contributed by atoms with Crippen LogP contribution in [0.3, 0.4) is 0 Å². The summed E-state index contributed by atoms with van der Waals surface area (Å²) in [4.78, 5) is 14.3. The van der Waals surface area contributed by atoms with Crippen molar-refractivity contribution in [3.8, 4) is 5.75 Å². The van der Waals surface area contributed by atoms with Crippen LogP contribution in [0.4, 0.5) is 5.69 Å². The minimum Gasteiger partial charge on any atom is -0.495 e. The van der Waals surface area contributed by atoms with Gasteiger partial charge in [0.15, 0.2) is 0 Å². The average Bonchev–Trinajstić information content (AvgIpc) is 2.74. The van der Waals surface area contributed by atoms with Gasteiger partial charge >= 0.3 is 0 Å². The van der Waals surface area contributed by atoms with Gasteiger partial charge in [-0.3, -0.25) is 9.52 Å². The van der Waals surface area contributed by atoms with Crippen molar-refractivity contribution >= 4 is 33.2 Å². The van der Waals surface area contributed by atoms with Gasteiger partial charge in [-0.2, -0.15) is 0 Å². The smallest absolute Gasteiger partial charge is 0.262 e. The molecule has 0 radical (unpaired) electrons. The largest absolute Gasteiger partial charge is 0.495 e. The molecule has 8 heteroatoms. The molecule has 1 amide bonds. The molecular weight excluding hydrogens is 424 g/mol. The Hall–Kier alpha value is -3.03. The molecule has 0 saturated carbocycles. The van der Waals surface area contributed by atoms with Gasteiger partial charge in [-0.25, -0.2) is 8.42 Å². The summed E-state index contributed by atoms with van der Waals surface area (Å²) in [5.41, 5.74) is 1.46. The molecule has 6 nitrogen and oxygen atoms in total. The number of amides is 1. The van der Waals surface area contributed by atoms with Gasteiger partial charge in [0.25, 0.3) is 15.9 Å². The summed E-state index contributed by atoms with van der Waals surface area (Å²) >= 11 is 5.98. The van der Waals surface area contributed by atoms with Crippen molar-refractivity contribution in [2.75, 3.05) is 18.9 Å². The van der Waals surface area contributed by atoms with Crippen molar-refractivity contribution < 1.29 is 17.9 Å². The maximum absolute atomic E-state index is 12.9. The summed E-state index contributed by atoms with van der Waals surface area (Å²) in [7, 11) is -0.857. The molecule has 0 aliphatic heterocycles. The van der Waals surface area contributed by atoms with E-state index in [1.54, 1.807) is 25.2 Å². The molecule has 1 N–H and O–H groups in total. The molecule has 0 aliphatic rings. The van der Waals surface area contributed by atoms with Crippen LogP contribution in [0, 0.1) is 0 Å². The van der Waals surface area contributed by atoms with Crippen molar-refractivity contribution in [3.05, 3.63) is 88.9 Å². The minimum absolute atomic E-state index is 0.0384. The lowest BCUT2D eigenvalue weighted by Gasteiger charge is -2.18. The van der Waals surface area contributed by atoms with Gasteiger partial charge in [-0.05, 0) is 42.0 Å². The number of hydrogen-bond acceptors (Lipinski definition) is 4. The number of rotatable bonds is 7. The third kappa shape index (κ3) is 5.11. The zero-order chi connectivity index (χ0) is 21.7. The molecule has 0 spiro atoms. The molecule has 0 atom stereocenters. The van der Waals surface area contributed by atoms with Crippen LogP contribution in [0.25, 0.3) is 0 Å². The Labute approximate surface area is 181 Å². The monoisotopic (exact) mass is 444 g/mol. The summed E-state index contributed by atoms with van der Waals surface area (Å²) in [5, 5.41) is 0.361. The first-order chi connectivity index (χ1) is 14.3. The Balaban J connectivity index is 1.83. The number of sulfonamides is 1. The summed E-state index contributed by atoms with van der Waals surface area (Å²) in [6.45, 7) is 0.411. The fraction of sp³-hybridized carbons (Fsp3) is 0.136. The van der Waals surface area contributed by atoms with E-state index in [1.165, 1.54) is 36.3 Å². The maximum Gasteiger partial charge on any atom is 0.262 e. The summed E-state index contributed by atoms with van der Waals surface area (Å²) < 4.78 is 33.4. The number of anilines is 1. The van der Waals surface area contributed by atoms with Gasteiger partial charge < -0.3 is 9.64 Å². The quantitative estimate of drug-likeness (QED) is 0.585. The molecule has 3 rings (SSSR count). The minimum atomic E-state index is -3.96. The van der Waals surface area contributed by atoms with E-state index in [9.17, 15) is 13.2 Å². The highest BCUT2D eigenvalue weighted by molar-refractivity contribution is 7.92. The zero-order valence-corrected chi connectivity index (χ0v) is 18.1. The Kier molecular flexibility index (Phi) is 6.64. The lowest BCUT2D eigenvalue weighted by Crippen LogP contribution is -2.26. The summed E-state index contributed by atoms with van der Waals surface area (Å²) in [6, 6.07) is 20.1. The van der Waals surface area contributed by atoms with Crippen LogP contribution in [0.1, 0.15) is 15.9 Å². The Morgan fingerprint density at radius 1 is 1.03 bits per heavy atom. The fourth-order valence-corrected chi connectivity index (χ4v) is 4.19. The van der Waals surface area contributed by atoms with E-state index in [0.717, 1.165) is 5.56 Å². The number of halogens is 1. The van der Waals surface area contributed by atoms with Crippen LogP contribution < -0.4 is 9.46 Å². The van der Waals surface area contributed by atoms with Crippen LogP contribution in [0.15, 0.2) is 77.7 Å². The average molecular weight is 445 g/mol. The van der Waals surface area contributed by atoms with Crippen LogP contribution in [-0.4, -0.2) is 33.4 Å². The number of hydrogen-bond donors (Lipinski definition) is 1. The molecule has 3 aromatic carbocycles. The maximum atomic E-state index is 12.9. The number of carbonyl (C=O) groups is 1. The van der Waals surface area contributed by atoms with Crippen molar-refractivity contribution in [2.24, 2.45) is 0 Å². The number of methoxy groups -OCH3 is 1. The second-order valence-corrected chi connectivity index (χ2v) is 8.74. The van der Waals surface area contributed by atoms with Crippen LogP contribution in [-0.2, 0) is 16.6 Å². The number of nitrogens with zero attached hydrogens (tertiary/aromatic N) is 1. The molecule has 0 aliphatic carbocycles. The first-order valence-electron chi connectivity index (χ1n) is 9.06. The highest BCUT2D eigenvalue weighted by atomic mass is 35.5. The van der Waals surface area contributed by atoms with Gasteiger partial charge in [-0.15, -0.1) is 0 Å². The Bertz CT molecular complexity index is 1150. The van der Waals surface area contributed by atoms with Gasteiger partial charge in [0.05, 0.1) is 17.7 Å². The predicted octanol–water partition coefficient (Wildman–Crippen LogP) is 4.42. The second-order valence-electron chi connectivity index (χ2n) is 6.62. The third-order valence-corrected chi connectivity index (χ3v) is 6.00. The highest BCUT2D eigenvalue weighted by Crippen LogP contribution is 2.30. The fourth-order valence-electron chi connectivity index (χ4n) is 2.91. The molecule has 0 fully saturated rings. The predicted molar refractivity (Wildman–Crippen MR) is 117 cm³/mol. The number of ether oxygens (including phenoxy) is 1. The van der Waals surface area contributed by atoms with E-state index in [4.69, 9.17) is 16.3 Å². The molecule has 0 saturated heterocycles. The third-order valence-electron chi connectivity index (χ3n) is 4.41. The van der Waals surface area contributed by atoms with E-state index >= 15 is 0 Å². The van der Waals surface area contributed by atoms with Crippen LogP contribution in [0.5, 0.6) is 5.75 Å². The number of benzene rings is 3.